The van der Waals surface area contributed by atoms with Crippen LogP contribution < -0.4 is 20.1 Å². The minimum atomic E-state index is -0.873. The zero-order chi connectivity index (χ0) is 39.7. The topological polar surface area (TPSA) is 199 Å². The Labute approximate surface area is 335 Å². The number of nitrogens with zero attached hydrogens (tertiary/aromatic N) is 4. The first-order valence-corrected chi connectivity index (χ1v) is 20.3. The van der Waals surface area contributed by atoms with Crippen LogP contribution in [-0.2, 0) is 19.1 Å². The number of anilines is 1. The SMILES string of the molecule is COC(=O)NC(C(=O)N1CCCC1c1ncc(NSNC2CCC(c3cnc(C4CCCN4C(=O)C(NC(=O)OC)c4ccccc4)[nH]3)CC2)[nH]1)c1ccccc1. The normalized spacial score (nSPS) is 21.7. The summed E-state index contributed by atoms with van der Waals surface area (Å²) in [7, 11) is 2.57. The second-order valence-electron chi connectivity index (χ2n) is 14.6. The van der Waals surface area contributed by atoms with E-state index in [1.807, 2.05) is 71.8 Å². The maximum absolute atomic E-state index is 13.9. The van der Waals surface area contributed by atoms with Gasteiger partial charge in [0, 0.05) is 49.1 Å². The van der Waals surface area contributed by atoms with Crippen molar-refractivity contribution in [2.45, 2.75) is 87.5 Å². The highest BCUT2D eigenvalue weighted by Gasteiger charge is 2.39. The summed E-state index contributed by atoms with van der Waals surface area (Å²) in [5, 5.41) is 5.42. The molecular weight excluding hydrogens is 749 g/mol. The van der Waals surface area contributed by atoms with Gasteiger partial charge in [-0.3, -0.25) is 9.59 Å². The number of likely N-dealkylation sites (tertiary alicyclic amines) is 2. The van der Waals surface area contributed by atoms with Crippen LogP contribution in [0.3, 0.4) is 0 Å². The van der Waals surface area contributed by atoms with E-state index in [9.17, 15) is 19.2 Å². The van der Waals surface area contributed by atoms with Crippen LogP contribution in [-0.4, -0.2) is 87.1 Å². The van der Waals surface area contributed by atoms with Crippen LogP contribution in [0.4, 0.5) is 15.4 Å². The Morgan fingerprint density at radius 1 is 0.702 bits per heavy atom. The van der Waals surface area contributed by atoms with Gasteiger partial charge in [-0.1, -0.05) is 60.7 Å². The fourth-order valence-electron chi connectivity index (χ4n) is 8.16. The average molecular weight is 799 g/mol. The lowest BCUT2D eigenvalue weighted by molar-refractivity contribution is -0.135. The maximum atomic E-state index is 13.9. The lowest BCUT2D eigenvalue weighted by Gasteiger charge is -2.29. The molecule has 4 aromatic rings. The van der Waals surface area contributed by atoms with E-state index in [0.29, 0.717) is 42.0 Å². The van der Waals surface area contributed by atoms with Crippen molar-refractivity contribution in [1.29, 1.82) is 0 Å². The molecule has 4 heterocycles. The van der Waals surface area contributed by atoms with E-state index in [1.54, 1.807) is 11.1 Å². The van der Waals surface area contributed by atoms with E-state index in [4.69, 9.17) is 14.5 Å². The van der Waals surface area contributed by atoms with Crippen molar-refractivity contribution >= 4 is 42.0 Å². The number of amides is 4. The van der Waals surface area contributed by atoms with Crippen molar-refractivity contribution in [1.82, 2.24) is 45.1 Å². The molecule has 4 unspecified atom stereocenters. The molecule has 17 heteroatoms. The first-order valence-electron chi connectivity index (χ1n) is 19.5. The molecule has 7 rings (SSSR count). The van der Waals surface area contributed by atoms with Crippen LogP contribution in [0.25, 0.3) is 0 Å². The lowest BCUT2D eigenvalue weighted by atomic mass is 9.85. The number of ether oxygens (including phenoxy) is 2. The predicted molar refractivity (Wildman–Crippen MR) is 213 cm³/mol. The zero-order valence-corrected chi connectivity index (χ0v) is 32.9. The minimum Gasteiger partial charge on any atom is -0.453 e. The van der Waals surface area contributed by atoms with E-state index in [1.165, 1.54) is 26.4 Å². The molecule has 2 aromatic heterocycles. The number of aromatic amines is 2. The summed E-state index contributed by atoms with van der Waals surface area (Å²) in [4.78, 5) is 71.9. The minimum absolute atomic E-state index is 0.186. The highest BCUT2D eigenvalue weighted by Crippen LogP contribution is 2.37. The molecule has 2 aliphatic heterocycles. The Balaban J connectivity index is 0.892. The summed E-state index contributed by atoms with van der Waals surface area (Å²) in [5.74, 6) is 2.13. The van der Waals surface area contributed by atoms with E-state index in [0.717, 1.165) is 68.7 Å². The molecule has 0 radical (unpaired) electrons. The van der Waals surface area contributed by atoms with E-state index < -0.39 is 24.3 Å². The molecule has 3 fully saturated rings. The van der Waals surface area contributed by atoms with Gasteiger partial charge in [0.25, 0.3) is 11.8 Å². The standard InChI is InChI=1S/C40H50N10O6S/c1-55-39(53)45-33(26-11-5-3-6-12-26)37(51)49-21-9-15-30(49)35-41-23-29(43-35)25-17-19-28(20-18-25)47-57-48-32-24-42-36(44-32)31-16-10-22-50(31)38(52)34(46-40(54)56-2)27-13-7-4-8-14-27/h3-8,11-14,23-25,28,30-31,33-34,47-48H,9-10,15-22H2,1-2H3,(H,41,43)(H,42,44)(H,45,53)(H,46,54). The molecule has 4 atom stereocenters. The van der Waals surface area contributed by atoms with Gasteiger partial charge in [0.1, 0.15) is 29.6 Å². The maximum Gasteiger partial charge on any atom is 0.407 e. The third kappa shape index (κ3) is 9.37. The second-order valence-corrected chi connectivity index (χ2v) is 15.3. The quantitative estimate of drug-likeness (QED) is 0.0875. The Bertz CT molecular complexity index is 1970. The summed E-state index contributed by atoms with van der Waals surface area (Å²) in [6.07, 6.45) is 9.47. The number of aromatic nitrogens is 4. The van der Waals surface area contributed by atoms with Crippen molar-refractivity contribution in [3.8, 4) is 0 Å². The largest absolute Gasteiger partial charge is 0.453 e. The fourth-order valence-corrected chi connectivity index (χ4v) is 8.83. The molecule has 57 heavy (non-hydrogen) atoms. The van der Waals surface area contributed by atoms with Crippen LogP contribution >= 0.6 is 12.1 Å². The van der Waals surface area contributed by atoms with Gasteiger partial charge < -0.3 is 44.6 Å². The predicted octanol–water partition coefficient (Wildman–Crippen LogP) is 5.95. The first kappa shape index (κ1) is 39.7. The third-order valence-electron chi connectivity index (χ3n) is 11.1. The average Bonchev–Trinajstić information content (AvgIpc) is 4.10. The van der Waals surface area contributed by atoms with Gasteiger partial charge in [-0.15, -0.1) is 0 Å². The van der Waals surface area contributed by atoms with E-state index in [-0.39, 0.29) is 23.9 Å². The number of alkyl carbamates (subject to hydrolysis) is 2. The van der Waals surface area contributed by atoms with Gasteiger partial charge in [0.05, 0.1) is 32.5 Å². The number of hydrogen-bond acceptors (Lipinski definition) is 11. The number of benzene rings is 2. The van der Waals surface area contributed by atoms with Gasteiger partial charge in [0.2, 0.25) is 0 Å². The number of carbonyl (C=O) groups is 4. The summed E-state index contributed by atoms with van der Waals surface area (Å²) in [5.41, 5.74) is 2.46. The van der Waals surface area contributed by atoms with Crippen LogP contribution in [0.15, 0.2) is 73.1 Å². The number of imidazole rings is 2. The monoisotopic (exact) mass is 798 g/mol. The van der Waals surface area contributed by atoms with Crippen molar-refractivity contribution in [3.05, 3.63) is 102 Å². The number of H-pyrrole nitrogens is 2. The molecule has 6 N–H and O–H groups in total. The highest BCUT2D eigenvalue weighted by molar-refractivity contribution is 7.98. The Hall–Kier alpha value is -5.55. The molecule has 2 saturated heterocycles. The third-order valence-corrected chi connectivity index (χ3v) is 11.9. The number of nitrogens with one attached hydrogen (secondary N) is 6. The lowest BCUT2D eigenvalue weighted by Crippen LogP contribution is -2.42. The van der Waals surface area contributed by atoms with Crippen LogP contribution in [0.1, 0.15) is 110 Å². The highest BCUT2D eigenvalue weighted by atomic mass is 32.2. The summed E-state index contributed by atoms with van der Waals surface area (Å²) in [6, 6.07) is 16.5. The number of methoxy groups -OCH3 is 2. The molecule has 0 bridgehead atoms. The Morgan fingerprint density at radius 2 is 1.21 bits per heavy atom. The summed E-state index contributed by atoms with van der Waals surface area (Å²) < 4.78 is 16.5. The van der Waals surface area contributed by atoms with Crippen molar-refractivity contribution in [2.24, 2.45) is 0 Å². The Kier molecular flexibility index (Phi) is 12.9. The van der Waals surface area contributed by atoms with Gasteiger partial charge in [-0.25, -0.2) is 24.3 Å². The summed E-state index contributed by atoms with van der Waals surface area (Å²) in [6.45, 7) is 1.14. The Morgan fingerprint density at radius 3 is 1.74 bits per heavy atom. The van der Waals surface area contributed by atoms with Gasteiger partial charge >= 0.3 is 12.2 Å². The van der Waals surface area contributed by atoms with Crippen molar-refractivity contribution < 1.29 is 28.7 Å². The molecular formula is C40H50N10O6S. The zero-order valence-electron chi connectivity index (χ0n) is 32.1. The number of rotatable bonds is 13. The van der Waals surface area contributed by atoms with Gasteiger partial charge in [0.15, 0.2) is 0 Å². The molecule has 1 aliphatic carbocycles. The fraction of sp³-hybridized carbons (Fsp3) is 0.450. The van der Waals surface area contributed by atoms with E-state index >= 15 is 0 Å². The van der Waals surface area contributed by atoms with Crippen LogP contribution in [0.5, 0.6) is 0 Å². The molecule has 0 spiro atoms. The smallest absolute Gasteiger partial charge is 0.407 e. The van der Waals surface area contributed by atoms with Crippen LogP contribution in [0.2, 0.25) is 0 Å². The van der Waals surface area contributed by atoms with Crippen LogP contribution in [0, 0.1) is 0 Å². The second kappa shape index (κ2) is 18.6. The van der Waals surface area contributed by atoms with Gasteiger partial charge in [-0.2, -0.15) is 0 Å². The molecule has 4 amide bonds. The number of carbonyl (C=O) groups excluding carboxylic acids is 4. The van der Waals surface area contributed by atoms with Crippen molar-refractivity contribution in [3.63, 3.8) is 0 Å². The molecule has 2 aromatic carbocycles. The van der Waals surface area contributed by atoms with Crippen molar-refractivity contribution in [2.75, 3.05) is 32.0 Å². The first-order chi connectivity index (χ1) is 27.8. The molecule has 1 saturated carbocycles. The molecule has 3 aliphatic rings. The molecule has 302 valence electrons. The summed E-state index contributed by atoms with van der Waals surface area (Å²) >= 11 is 1.41. The van der Waals surface area contributed by atoms with Gasteiger partial charge in [-0.05, 0) is 62.5 Å². The number of hydrogen-bond donors (Lipinski definition) is 6. The molecule has 16 nitrogen and oxygen atoms in total. The van der Waals surface area contributed by atoms with E-state index in [2.05, 4.69) is 35.0 Å².